The fraction of sp³-hybridized carbons (Fsp3) is 0.211. The maximum Gasteiger partial charge on any atom is 0.293 e. The fourth-order valence-corrected chi connectivity index (χ4v) is 6.65. The van der Waals surface area contributed by atoms with E-state index in [1.54, 1.807) is 5.19 Å². The van der Waals surface area contributed by atoms with Crippen molar-refractivity contribution in [1.29, 1.82) is 0 Å². The van der Waals surface area contributed by atoms with Gasteiger partial charge in [-0.2, -0.15) is 4.57 Å². The molecule has 0 amide bonds. The molecular formula is C19H21N2Si+. The Morgan fingerprint density at radius 1 is 0.955 bits per heavy atom. The zero-order valence-electron chi connectivity index (χ0n) is 13.6. The quantitative estimate of drug-likeness (QED) is 0.482. The molecule has 0 bridgehead atoms. The van der Waals surface area contributed by atoms with Gasteiger partial charge in [-0.25, -0.2) is 4.57 Å². The van der Waals surface area contributed by atoms with Gasteiger partial charge in [-0.1, -0.05) is 49.5 Å². The third-order valence-corrected chi connectivity index (χ3v) is 8.35. The molecule has 0 atom stereocenters. The van der Waals surface area contributed by atoms with Crippen molar-refractivity contribution < 1.29 is 4.57 Å². The molecule has 0 unspecified atom stereocenters. The minimum Gasteiger partial charge on any atom is -0.232 e. The average molecular weight is 305 g/mol. The lowest BCUT2D eigenvalue weighted by Gasteiger charge is -2.11. The number of rotatable bonds is 1. The highest BCUT2D eigenvalue weighted by Crippen LogP contribution is 2.27. The number of benzene rings is 2. The monoisotopic (exact) mass is 305 g/mol. The Morgan fingerprint density at radius 3 is 2.41 bits per heavy atom. The predicted molar refractivity (Wildman–Crippen MR) is 93.9 cm³/mol. The lowest BCUT2D eigenvalue weighted by molar-refractivity contribution is -0.659. The van der Waals surface area contributed by atoms with Gasteiger partial charge >= 0.3 is 0 Å². The predicted octanol–water partition coefficient (Wildman–Crippen LogP) is 2.41. The van der Waals surface area contributed by atoms with Gasteiger partial charge in [0.25, 0.3) is 5.82 Å². The molecule has 0 radical (unpaired) electrons. The smallest absolute Gasteiger partial charge is 0.232 e. The van der Waals surface area contributed by atoms with Crippen LogP contribution in [0.1, 0.15) is 5.56 Å². The topological polar surface area (TPSA) is 8.81 Å². The highest BCUT2D eigenvalue weighted by atomic mass is 28.3. The standard InChI is InChI=1S/C19H21N2Si/c1-14-9-5-6-10-15(14)19-20(2)13-18-21(19)16-11-7-8-12-17(16)22(18,3)4/h5-13H,1-4H3/q+1. The van der Waals surface area contributed by atoms with Crippen molar-refractivity contribution in [2.75, 3.05) is 0 Å². The Morgan fingerprint density at radius 2 is 1.64 bits per heavy atom. The number of aryl methyl sites for hydroxylation is 2. The zero-order chi connectivity index (χ0) is 15.5. The second kappa shape index (κ2) is 4.43. The lowest BCUT2D eigenvalue weighted by Crippen LogP contribution is -2.50. The van der Waals surface area contributed by atoms with Gasteiger partial charge in [0.15, 0.2) is 8.07 Å². The van der Waals surface area contributed by atoms with Gasteiger partial charge in [0.05, 0.1) is 12.6 Å². The molecule has 0 saturated carbocycles. The Balaban J connectivity index is 2.10. The first kappa shape index (κ1) is 13.5. The molecule has 0 N–H and O–H groups in total. The second-order valence-corrected chi connectivity index (χ2v) is 11.0. The minimum atomic E-state index is -1.60. The number of aromatic nitrogens is 2. The first-order chi connectivity index (χ1) is 10.5. The lowest BCUT2D eigenvalue weighted by atomic mass is 10.1. The summed E-state index contributed by atoms with van der Waals surface area (Å²) in [5.41, 5.74) is 4.01. The largest absolute Gasteiger partial charge is 0.293 e. The van der Waals surface area contributed by atoms with Crippen LogP contribution in [0, 0.1) is 6.92 Å². The van der Waals surface area contributed by atoms with Crippen LogP contribution >= 0.6 is 0 Å². The molecule has 2 aromatic carbocycles. The maximum absolute atomic E-state index is 2.49. The van der Waals surface area contributed by atoms with Gasteiger partial charge in [-0.05, 0) is 29.8 Å². The fourth-order valence-electron chi connectivity index (χ4n) is 3.73. The van der Waals surface area contributed by atoms with Gasteiger partial charge in [-0.15, -0.1) is 0 Å². The summed E-state index contributed by atoms with van der Waals surface area (Å²) < 4.78 is 4.78. The third kappa shape index (κ3) is 1.63. The van der Waals surface area contributed by atoms with Crippen molar-refractivity contribution in [2.24, 2.45) is 7.05 Å². The molecule has 2 nitrogen and oxygen atoms in total. The molecule has 0 fully saturated rings. The number of imidazole rings is 1. The van der Waals surface area contributed by atoms with Crippen LogP contribution in [0.3, 0.4) is 0 Å². The van der Waals surface area contributed by atoms with E-state index in [1.165, 1.54) is 28.0 Å². The minimum absolute atomic E-state index is 1.29. The SMILES string of the molecule is Cc1ccccc1-c1n2c(c[n+]1C)[Si](C)(C)c1ccccc1-2. The van der Waals surface area contributed by atoms with Crippen molar-refractivity contribution in [3.05, 3.63) is 60.3 Å². The molecule has 1 aliphatic rings. The Kier molecular flexibility index (Phi) is 2.72. The van der Waals surface area contributed by atoms with Gasteiger partial charge in [0.2, 0.25) is 0 Å². The summed E-state index contributed by atoms with van der Waals surface area (Å²) in [6.07, 6.45) is 2.34. The van der Waals surface area contributed by atoms with Crippen molar-refractivity contribution in [3.63, 3.8) is 0 Å². The van der Waals surface area contributed by atoms with Crippen LogP contribution in [0.15, 0.2) is 54.7 Å². The summed E-state index contributed by atoms with van der Waals surface area (Å²) in [4.78, 5) is 0. The summed E-state index contributed by atoms with van der Waals surface area (Å²) in [5.74, 6) is 1.29. The van der Waals surface area contributed by atoms with E-state index in [1.807, 2.05) is 0 Å². The van der Waals surface area contributed by atoms with Crippen LogP contribution in [0.4, 0.5) is 0 Å². The molecule has 0 spiro atoms. The molecule has 110 valence electrons. The van der Waals surface area contributed by atoms with E-state index in [-0.39, 0.29) is 0 Å². The summed E-state index contributed by atoms with van der Waals surface area (Å²) in [7, 11) is 0.567. The van der Waals surface area contributed by atoms with E-state index in [0.717, 1.165) is 0 Å². The van der Waals surface area contributed by atoms with E-state index in [4.69, 9.17) is 0 Å². The molecule has 0 saturated heterocycles. The third-order valence-electron chi connectivity index (χ3n) is 4.95. The Labute approximate surface area is 132 Å². The number of nitrogens with zero attached hydrogens (tertiary/aromatic N) is 2. The van der Waals surface area contributed by atoms with Crippen LogP contribution in [0.25, 0.3) is 17.1 Å². The number of hydrogen-bond acceptors (Lipinski definition) is 0. The molecule has 1 aromatic heterocycles. The van der Waals surface area contributed by atoms with Crippen LogP contribution < -0.4 is 15.1 Å². The van der Waals surface area contributed by atoms with Crippen molar-refractivity contribution in [2.45, 2.75) is 20.0 Å². The number of para-hydroxylation sites is 1. The average Bonchev–Trinajstić information content (AvgIpc) is 2.95. The molecule has 2 heterocycles. The highest BCUT2D eigenvalue weighted by Gasteiger charge is 2.46. The molecular weight excluding hydrogens is 284 g/mol. The van der Waals surface area contributed by atoms with Crippen LogP contribution in [-0.4, -0.2) is 12.6 Å². The summed E-state index contributed by atoms with van der Waals surface area (Å²) in [6, 6.07) is 17.6. The molecule has 3 heteroatoms. The normalized spacial score (nSPS) is 14.7. The van der Waals surface area contributed by atoms with E-state index >= 15 is 0 Å². The van der Waals surface area contributed by atoms with Gasteiger partial charge in [0.1, 0.15) is 17.2 Å². The van der Waals surface area contributed by atoms with E-state index in [0.29, 0.717) is 0 Å². The zero-order valence-corrected chi connectivity index (χ0v) is 14.6. The van der Waals surface area contributed by atoms with Gasteiger partial charge in [0, 0.05) is 0 Å². The number of hydrogen-bond donors (Lipinski definition) is 0. The van der Waals surface area contributed by atoms with E-state index < -0.39 is 8.07 Å². The van der Waals surface area contributed by atoms with Crippen LogP contribution in [0.2, 0.25) is 13.1 Å². The molecule has 22 heavy (non-hydrogen) atoms. The summed E-state index contributed by atoms with van der Waals surface area (Å²) in [6.45, 7) is 7.09. The van der Waals surface area contributed by atoms with Crippen LogP contribution in [0.5, 0.6) is 0 Å². The highest BCUT2D eigenvalue weighted by molar-refractivity contribution is 7.01. The van der Waals surface area contributed by atoms with Crippen molar-refractivity contribution in [1.82, 2.24) is 4.57 Å². The Bertz CT molecular complexity index is 890. The molecule has 1 aliphatic heterocycles. The molecule has 3 aromatic rings. The first-order valence-corrected chi connectivity index (χ1v) is 10.8. The first-order valence-electron chi connectivity index (χ1n) is 7.79. The summed E-state index contributed by atoms with van der Waals surface area (Å²) >= 11 is 0. The van der Waals surface area contributed by atoms with Gasteiger partial charge < -0.3 is 0 Å². The van der Waals surface area contributed by atoms with Crippen molar-refractivity contribution in [3.8, 4) is 17.1 Å². The number of fused-ring (bicyclic) bond motifs is 3. The van der Waals surface area contributed by atoms with Crippen molar-refractivity contribution >= 4 is 18.6 Å². The second-order valence-electron chi connectivity index (χ2n) is 6.74. The summed E-state index contributed by atoms with van der Waals surface area (Å²) in [5, 5.41) is 3.04. The van der Waals surface area contributed by atoms with E-state index in [9.17, 15) is 0 Å². The maximum atomic E-state index is 2.49. The van der Waals surface area contributed by atoms with Crippen LogP contribution in [-0.2, 0) is 7.05 Å². The molecule has 4 rings (SSSR count). The van der Waals surface area contributed by atoms with E-state index in [2.05, 4.69) is 90.9 Å². The molecule has 0 aliphatic carbocycles. The Hall–Kier alpha value is -2.13. The van der Waals surface area contributed by atoms with Gasteiger partial charge in [-0.3, -0.25) is 0 Å².